The van der Waals surface area contributed by atoms with E-state index in [2.05, 4.69) is 15.4 Å². The zero-order valence-corrected chi connectivity index (χ0v) is 10.4. The average molecular weight is 248 g/mol. The third kappa shape index (κ3) is 2.40. The first-order chi connectivity index (χ1) is 8.63. The standard InChI is InChI=1S/C11H16N6O/c1-3-16-4-5-17(11(16)18)7-10-13-8(2)6-9(14-10)15-12/h4-6H,3,7,12H2,1-2H3,(H,13,14,15). The van der Waals surface area contributed by atoms with E-state index in [1.807, 2.05) is 13.8 Å². The number of anilines is 1. The van der Waals surface area contributed by atoms with Crippen LogP contribution in [0.5, 0.6) is 0 Å². The van der Waals surface area contributed by atoms with Crippen molar-refractivity contribution in [3.8, 4) is 0 Å². The molecule has 0 fully saturated rings. The number of nitrogens with zero attached hydrogens (tertiary/aromatic N) is 4. The van der Waals surface area contributed by atoms with Gasteiger partial charge >= 0.3 is 5.69 Å². The molecule has 0 saturated carbocycles. The first kappa shape index (κ1) is 12.3. The lowest BCUT2D eigenvalue weighted by Gasteiger charge is -2.05. The van der Waals surface area contributed by atoms with Gasteiger partial charge in [0, 0.05) is 30.7 Å². The molecule has 0 bridgehead atoms. The summed E-state index contributed by atoms with van der Waals surface area (Å²) in [6.07, 6.45) is 3.48. The van der Waals surface area contributed by atoms with Crippen LogP contribution in [-0.2, 0) is 13.1 Å². The van der Waals surface area contributed by atoms with Crippen LogP contribution < -0.4 is 17.0 Å². The maximum absolute atomic E-state index is 11.9. The lowest BCUT2D eigenvalue weighted by atomic mass is 10.4. The molecule has 0 atom stereocenters. The van der Waals surface area contributed by atoms with Gasteiger partial charge in [-0.15, -0.1) is 0 Å². The first-order valence-electron chi connectivity index (χ1n) is 5.70. The maximum Gasteiger partial charge on any atom is 0.328 e. The fourth-order valence-electron chi connectivity index (χ4n) is 1.74. The van der Waals surface area contributed by atoms with Gasteiger partial charge in [-0.25, -0.2) is 20.6 Å². The molecule has 7 nitrogen and oxygen atoms in total. The van der Waals surface area contributed by atoms with Crippen LogP contribution in [0.3, 0.4) is 0 Å². The molecule has 2 aromatic rings. The first-order valence-corrected chi connectivity index (χ1v) is 5.70. The molecule has 18 heavy (non-hydrogen) atoms. The van der Waals surface area contributed by atoms with E-state index in [9.17, 15) is 4.79 Å². The summed E-state index contributed by atoms with van der Waals surface area (Å²) < 4.78 is 3.19. The molecule has 96 valence electrons. The second-order valence-electron chi connectivity index (χ2n) is 3.95. The number of hydrogen-bond acceptors (Lipinski definition) is 5. The molecule has 0 amide bonds. The van der Waals surface area contributed by atoms with Crippen LogP contribution >= 0.6 is 0 Å². The molecule has 0 spiro atoms. The highest BCUT2D eigenvalue weighted by molar-refractivity contribution is 5.33. The Morgan fingerprint density at radius 2 is 2.06 bits per heavy atom. The van der Waals surface area contributed by atoms with Crippen molar-refractivity contribution in [3.05, 3.63) is 40.5 Å². The van der Waals surface area contributed by atoms with E-state index in [4.69, 9.17) is 5.84 Å². The molecule has 0 aliphatic carbocycles. The molecule has 0 aromatic carbocycles. The topological polar surface area (TPSA) is 90.8 Å². The minimum absolute atomic E-state index is 0.0649. The Morgan fingerprint density at radius 1 is 1.33 bits per heavy atom. The zero-order chi connectivity index (χ0) is 13.1. The Labute approximate surface area is 104 Å². The van der Waals surface area contributed by atoms with Gasteiger partial charge in [-0.1, -0.05) is 0 Å². The summed E-state index contributed by atoms with van der Waals surface area (Å²) in [4.78, 5) is 20.4. The summed E-state index contributed by atoms with van der Waals surface area (Å²) in [5.74, 6) is 6.42. The van der Waals surface area contributed by atoms with Crippen molar-refractivity contribution < 1.29 is 0 Å². The number of nitrogen functional groups attached to an aromatic ring is 1. The van der Waals surface area contributed by atoms with E-state index in [0.29, 0.717) is 24.7 Å². The number of nitrogens with two attached hydrogens (primary N) is 1. The summed E-state index contributed by atoms with van der Waals surface area (Å²) >= 11 is 0. The van der Waals surface area contributed by atoms with Crippen molar-refractivity contribution in [2.75, 3.05) is 5.43 Å². The molecular weight excluding hydrogens is 232 g/mol. The van der Waals surface area contributed by atoms with Gasteiger partial charge in [-0.05, 0) is 13.8 Å². The lowest BCUT2D eigenvalue weighted by Crippen LogP contribution is -2.24. The van der Waals surface area contributed by atoms with Crippen LogP contribution in [0.15, 0.2) is 23.3 Å². The van der Waals surface area contributed by atoms with Crippen LogP contribution in [0.4, 0.5) is 5.82 Å². The SMILES string of the molecule is CCn1ccn(Cc2nc(C)cc(NN)n2)c1=O. The second kappa shape index (κ2) is 5.01. The van der Waals surface area contributed by atoms with Gasteiger partial charge in [0.1, 0.15) is 5.82 Å². The molecular formula is C11H16N6O. The monoisotopic (exact) mass is 248 g/mol. The van der Waals surface area contributed by atoms with E-state index in [-0.39, 0.29) is 5.69 Å². The van der Waals surface area contributed by atoms with Crippen LogP contribution in [0.1, 0.15) is 18.4 Å². The van der Waals surface area contributed by atoms with Crippen molar-refractivity contribution in [2.45, 2.75) is 26.9 Å². The lowest BCUT2D eigenvalue weighted by molar-refractivity contribution is 0.651. The predicted octanol–water partition coefficient (Wildman–Crippen LogP) is 0.102. The van der Waals surface area contributed by atoms with Gasteiger partial charge < -0.3 is 5.43 Å². The van der Waals surface area contributed by atoms with Crippen molar-refractivity contribution >= 4 is 5.82 Å². The highest BCUT2D eigenvalue weighted by Gasteiger charge is 2.06. The van der Waals surface area contributed by atoms with Gasteiger partial charge in [0.15, 0.2) is 5.82 Å². The molecule has 7 heteroatoms. The van der Waals surface area contributed by atoms with Gasteiger partial charge in [0.2, 0.25) is 0 Å². The fourth-order valence-corrected chi connectivity index (χ4v) is 1.74. The Morgan fingerprint density at radius 3 is 2.67 bits per heavy atom. The summed E-state index contributed by atoms with van der Waals surface area (Å²) in [7, 11) is 0. The maximum atomic E-state index is 11.9. The number of hydrazine groups is 1. The molecule has 2 aromatic heterocycles. The quantitative estimate of drug-likeness (QED) is 0.591. The molecule has 0 saturated heterocycles. The molecule has 0 aliphatic rings. The van der Waals surface area contributed by atoms with E-state index >= 15 is 0 Å². The highest BCUT2D eigenvalue weighted by atomic mass is 16.1. The number of nitrogens with one attached hydrogen (secondary N) is 1. The largest absolute Gasteiger partial charge is 0.328 e. The molecule has 0 aliphatic heterocycles. The minimum atomic E-state index is -0.0649. The molecule has 2 heterocycles. The summed E-state index contributed by atoms with van der Waals surface area (Å²) in [6.45, 7) is 4.76. The number of hydrogen-bond donors (Lipinski definition) is 2. The van der Waals surface area contributed by atoms with E-state index in [1.165, 1.54) is 0 Å². The van der Waals surface area contributed by atoms with Crippen LogP contribution in [0.2, 0.25) is 0 Å². The van der Waals surface area contributed by atoms with Crippen molar-refractivity contribution in [2.24, 2.45) is 5.84 Å². The Bertz CT molecular complexity index is 600. The summed E-state index contributed by atoms with van der Waals surface area (Å²) in [5.41, 5.74) is 3.22. The number of aryl methyl sites for hydroxylation is 2. The van der Waals surface area contributed by atoms with Crippen molar-refractivity contribution in [1.29, 1.82) is 0 Å². The van der Waals surface area contributed by atoms with Crippen LogP contribution in [0, 0.1) is 6.92 Å². The normalized spacial score (nSPS) is 10.6. The Kier molecular flexibility index (Phi) is 3.42. The van der Waals surface area contributed by atoms with Gasteiger partial charge in [-0.3, -0.25) is 9.13 Å². The molecule has 0 radical (unpaired) electrons. The third-order valence-electron chi connectivity index (χ3n) is 2.62. The van der Waals surface area contributed by atoms with Gasteiger partial charge in [0.05, 0.1) is 6.54 Å². The predicted molar refractivity (Wildman–Crippen MR) is 68.0 cm³/mol. The highest BCUT2D eigenvalue weighted by Crippen LogP contribution is 2.05. The molecule has 2 rings (SSSR count). The molecule has 0 unspecified atom stereocenters. The van der Waals surface area contributed by atoms with E-state index < -0.39 is 0 Å². The Hall–Kier alpha value is -2.15. The smallest absolute Gasteiger partial charge is 0.308 e. The van der Waals surface area contributed by atoms with Gasteiger partial charge in [-0.2, -0.15) is 0 Å². The van der Waals surface area contributed by atoms with E-state index in [1.54, 1.807) is 27.6 Å². The third-order valence-corrected chi connectivity index (χ3v) is 2.62. The average Bonchev–Trinajstić information content (AvgIpc) is 2.70. The number of aromatic nitrogens is 4. The summed E-state index contributed by atoms with van der Waals surface area (Å²) in [5, 5.41) is 0. The molecule has 3 N–H and O–H groups in total. The summed E-state index contributed by atoms with van der Waals surface area (Å²) in [6, 6.07) is 1.74. The van der Waals surface area contributed by atoms with Crippen LogP contribution in [-0.4, -0.2) is 19.1 Å². The van der Waals surface area contributed by atoms with Crippen molar-refractivity contribution in [3.63, 3.8) is 0 Å². The second-order valence-corrected chi connectivity index (χ2v) is 3.95. The zero-order valence-electron chi connectivity index (χ0n) is 10.4. The van der Waals surface area contributed by atoms with Crippen LogP contribution in [0.25, 0.3) is 0 Å². The fraction of sp³-hybridized carbons (Fsp3) is 0.364. The van der Waals surface area contributed by atoms with Crippen molar-refractivity contribution in [1.82, 2.24) is 19.1 Å². The number of rotatable bonds is 4. The Balaban J connectivity index is 2.30. The van der Waals surface area contributed by atoms with Gasteiger partial charge in [0.25, 0.3) is 0 Å². The minimum Gasteiger partial charge on any atom is -0.308 e. The van der Waals surface area contributed by atoms with E-state index in [0.717, 1.165) is 5.69 Å². The number of imidazole rings is 1.